The number of carbonyl (C=O) groups is 1. The summed E-state index contributed by atoms with van der Waals surface area (Å²) in [5.41, 5.74) is 0.600. The smallest absolute Gasteiger partial charge is 0.285 e. The lowest BCUT2D eigenvalue weighted by molar-refractivity contribution is -0.385. The number of piperazine rings is 1. The highest BCUT2D eigenvalue weighted by Gasteiger charge is 2.31. The number of nitrogens with one attached hydrogen (secondary N) is 1. The van der Waals surface area contributed by atoms with Crippen LogP contribution in [0.3, 0.4) is 0 Å². The van der Waals surface area contributed by atoms with Crippen LogP contribution in [0, 0.1) is 17.0 Å². The maximum absolute atomic E-state index is 12.6. The number of rotatable bonds is 2. The van der Waals surface area contributed by atoms with Gasteiger partial charge in [-0.2, -0.15) is 0 Å². The fraction of sp³-hybridized carbons (Fsp3) is 0.500. The van der Waals surface area contributed by atoms with Crippen molar-refractivity contribution in [2.75, 3.05) is 13.1 Å². The maximum atomic E-state index is 12.6. The van der Waals surface area contributed by atoms with Gasteiger partial charge >= 0.3 is 0 Å². The summed E-state index contributed by atoms with van der Waals surface area (Å²) in [5.74, 6) is -0.263. The van der Waals surface area contributed by atoms with E-state index < -0.39 is 4.92 Å². The van der Waals surface area contributed by atoms with Crippen molar-refractivity contribution in [3.8, 4) is 0 Å². The fourth-order valence-electron chi connectivity index (χ4n) is 2.53. The lowest BCUT2D eigenvalue weighted by atomic mass is 10.0. The van der Waals surface area contributed by atoms with Crippen molar-refractivity contribution in [2.24, 2.45) is 0 Å². The second kappa shape index (κ2) is 5.58. The predicted octanol–water partition coefficient (Wildman–Crippen LogP) is 1.73. The summed E-state index contributed by atoms with van der Waals surface area (Å²) in [6.45, 7) is 6.85. The summed E-state index contributed by atoms with van der Waals surface area (Å²) < 4.78 is 0. The standard InChI is InChI=1S/C14H19N3O3/c1-9-5-4-6-12(13(9)17(19)20)14(18)16-8-10(2)15-7-11(16)3/h4-6,10-11,15H,7-8H2,1-3H3. The third-order valence-electron chi connectivity index (χ3n) is 3.68. The first kappa shape index (κ1) is 14.5. The van der Waals surface area contributed by atoms with Crippen LogP contribution in [0.5, 0.6) is 0 Å². The number of carbonyl (C=O) groups excluding carboxylic acids is 1. The Hall–Kier alpha value is -1.95. The van der Waals surface area contributed by atoms with Gasteiger partial charge in [-0.05, 0) is 26.8 Å². The molecule has 0 spiro atoms. The van der Waals surface area contributed by atoms with E-state index in [0.717, 1.165) is 0 Å². The first-order chi connectivity index (χ1) is 9.41. The van der Waals surface area contributed by atoms with Gasteiger partial charge in [0.25, 0.3) is 11.6 Å². The minimum atomic E-state index is -0.473. The maximum Gasteiger partial charge on any atom is 0.285 e. The van der Waals surface area contributed by atoms with Gasteiger partial charge in [0.05, 0.1) is 4.92 Å². The second-order valence-corrected chi connectivity index (χ2v) is 5.34. The molecule has 1 amide bonds. The average Bonchev–Trinajstić information content (AvgIpc) is 2.40. The second-order valence-electron chi connectivity index (χ2n) is 5.34. The van der Waals surface area contributed by atoms with Crippen LogP contribution in [0.1, 0.15) is 29.8 Å². The van der Waals surface area contributed by atoms with Crippen LogP contribution < -0.4 is 5.32 Å². The SMILES string of the molecule is Cc1cccc(C(=O)N2CC(C)NCC2C)c1[N+](=O)[O-]. The summed E-state index contributed by atoms with van der Waals surface area (Å²) in [6, 6.07) is 5.09. The largest absolute Gasteiger partial charge is 0.333 e. The normalized spacial score (nSPS) is 22.6. The van der Waals surface area contributed by atoms with E-state index in [2.05, 4.69) is 5.32 Å². The van der Waals surface area contributed by atoms with Crippen molar-refractivity contribution in [1.82, 2.24) is 10.2 Å². The van der Waals surface area contributed by atoms with Gasteiger partial charge in [-0.1, -0.05) is 12.1 Å². The van der Waals surface area contributed by atoms with E-state index in [1.165, 1.54) is 6.07 Å². The molecule has 0 aromatic heterocycles. The van der Waals surface area contributed by atoms with Crippen LogP contribution in [0.2, 0.25) is 0 Å². The molecule has 2 unspecified atom stereocenters. The van der Waals surface area contributed by atoms with E-state index in [9.17, 15) is 14.9 Å². The first-order valence-corrected chi connectivity index (χ1v) is 6.70. The Kier molecular flexibility index (Phi) is 4.04. The van der Waals surface area contributed by atoms with Gasteiger partial charge < -0.3 is 10.2 Å². The van der Waals surface area contributed by atoms with Gasteiger partial charge in [0.15, 0.2) is 0 Å². The molecule has 0 saturated carbocycles. The lowest BCUT2D eigenvalue weighted by Gasteiger charge is -2.37. The molecule has 6 nitrogen and oxygen atoms in total. The molecule has 108 valence electrons. The summed E-state index contributed by atoms with van der Waals surface area (Å²) in [7, 11) is 0. The number of nitro groups is 1. The number of amides is 1. The zero-order chi connectivity index (χ0) is 14.9. The van der Waals surface area contributed by atoms with E-state index in [1.54, 1.807) is 24.0 Å². The topological polar surface area (TPSA) is 75.5 Å². The molecule has 1 aromatic rings. The molecular formula is C14H19N3O3. The summed E-state index contributed by atoms with van der Waals surface area (Å²) in [6.07, 6.45) is 0. The first-order valence-electron chi connectivity index (χ1n) is 6.70. The van der Waals surface area contributed by atoms with Crippen LogP contribution in [-0.2, 0) is 0 Å². The van der Waals surface area contributed by atoms with E-state index in [0.29, 0.717) is 18.7 Å². The average molecular weight is 277 g/mol. The van der Waals surface area contributed by atoms with Crippen LogP contribution >= 0.6 is 0 Å². The van der Waals surface area contributed by atoms with Gasteiger partial charge in [0, 0.05) is 30.7 Å². The van der Waals surface area contributed by atoms with Crippen molar-refractivity contribution in [3.63, 3.8) is 0 Å². The Balaban J connectivity index is 2.38. The molecular weight excluding hydrogens is 258 g/mol. The summed E-state index contributed by atoms with van der Waals surface area (Å²) in [5, 5.41) is 14.5. The number of aryl methyl sites for hydroxylation is 1. The Labute approximate surface area is 117 Å². The predicted molar refractivity (Wildman–Crippen MR) is 75.8 cm³/mol. The van der Waals surface area contributed by atoms with E-state index in [4.69, 9.17) is 0 Å². The van der Waals surface area contributed by atoms with Gasteiger partial charge in [0.1, 0.15) is 5.56 Å². The van der Waals surface area contributed by atoms with Crippen molar-refractivity contribution in [2.45, 2.75) is 32.9 Å². The summed E-state index contributed by atoms with van der Waals surface area (Å²) >= 11 is 0. The molecule has 0 bridgehead atoms. The van der Waals surface area contributed by atoms with Gasteiger partial charge in [-0.3, -0.25) is 14.9 Å². The van der Waals surface area contributed by atoms with Crippen LogP contribution in [0.15, 0.2) is 18.2 Å². The molecule has 2 atom stereocenters. The lowest BCUT2D eigenvalue weighted by Crippen LogP contribution is -2.56. The number of para-hydroxylation sites is 1. The van der Waals surface area contributed by atoms with Crippen LogP contribution in [0.4, 0.5) is 5.69 Å². The van der Waals surface area contributed by atoms with Crippen LogP contribution in [-0.4, -0.2) is 40.9 Å². The van der Waals surface area contributed by atoms with Gasteiger partial charge in [0.2, 0.25) is 0 Å². The number of nitro benzene ring substituents is 1. The molecule has 0 radical (unpaired) electrons. The Bertz CT molecular complexity index is 544. The highest BCUT2D eigenvalue weighted by Crippen LogP contribution is 2.25. The third-order valence-corrected chi connectivity index (χ3v) is 3.68. The highest BCUT2D eigenvalue weighted by atomic mass is 16.6. The summed E-state index contributed by atoms with van der Waals surface area (Å²) in [4.78, 5) is 25.1. The van der Waals surface area contributed by atoms with Crippen molar-refractivity contribution >= 4 is 11.6 Å². The Morgan fingerprint density at radius 1 is 1.45 bits per heavy atom. The molecule has 1 heterocycles. The van der Waals surface area contributed by atoms with E-state index in [1.807, 2.05) is 13.8 Å². The zero-order valence-corrected chi connectivity index (χ0v) is 11.9. The number of hydrogen-bond donors (Lipinski definition) is 1. The minimum absolute atomic E-state index is 0.0267. The monoisotopic (exact) mass is 277 g/mol. The molecule has 20 heavy (non-hydrogen) atoms. The Morgan fingerprint density at radius 2 is 2.15 bits per heavy atom. The molecule has 1 fully saturated rings. The molecule has 1 aliphatic rings. The minimum Gasteiger partial charge on any atom is -0.333 e. The fourth-order valence-corrected chi connectivity index (χ4v) is 2.53. The van der Waals surface area contributed by atoms with Gasteiger partial charge in [-0.15, -0.1) is 0 Å². The molecule has 1 aromatic carbocycles. The van der Waals surface area contributed by atoms with Gasteiger partial charge in [-0.25, -0.2) is 0 Å². The number of hydrogen-bond acceptors (Lipinski definition) is 4. The van der Waals surface area contributed by atoms with Crippen LogP contribution in [0.25, 0.3) is 0 Å². The number of nitrogens with zero attached hydrogens (tertiary/aromatic N) is 2. The third kappa shape index (κ3) is 2.65. The van der Waals surface area contributed by atoms with Crippen molar-refractivity contribution < 1.29 is 9.72 Å². The zero-order valence-electron chi connectivity index (χ0n) is 11.9. The number of benzene rings is 1. The molecule has 6 heteroatoms. The van der Waals surface area contributed by atoms with E-state index in [-0.39, 0.29) is 29.2 Å². The molecule has 1 aliphatic heterocycles. The van der Waals surface area contributed by atoms with Crippen molar-refractivity contribution in [1.29, 1.82) is 0 Å². The molecule has 1 N–H and O–H groups in total. The highest BCUT2D eigenvalue weighted by molar-refractivity contribution is 5.99. The van der Waals surface area contributed by atoms with E-state index >= 15 is 0 Å². The molecule has 2 rings (SSSR count). The molecule has 0 aliphatic carbocycles. The Morgan fingerprint density at radius 3 is 2.80 bits per heavy atom. The molecule has 1 saturated heterocycles. The quantitative estimate of drug-likeness (QED) is 0.659. The van der Waals surface area contributed by atoms with Crippen molar-refractivity contribution in [3.05, 3.63) is 39.4 Å².